The maximum Gasteiger partial charge on any atom is 0.322 e. The summed E-state index contributed by atoms with van der Waals surface area (Å²) in [5.74, 6) is -1.25. The van der Waals surface area contributed by atoms with Crippen LogP contribution in [0.2, 0.25) is 0 Å². The molecule has 1 amide bonds. The standard InChI is InChI=1S/C38H69NO5/c1-3-5-7-9-11-12-13-14-15-16-17-18-19-20-25-29-33-38(43)44-35(30-26-22-10-8-6-4-2)31-27-23-21-24-28-32-36(40)39-34-37(41)42/h12-13,15-16,35H,3-11,14,17-34H2,1-2H3,(H,39,40)(H,41,42)/b13-12-,16-15-. The Morgan fingerprint density at radius 1 is 0.591 bits per heavy atom. The van der Waals surface area contributed by atoms with Gasteiger partial charge in [-0.15, -0.1) is 0 Å². The van der Waals surface area contributed by atoms with Crippen LogP contribution in [0.15, 0.2) is 24.3 Å². The first-order chi connectivity index (χ1) is 21.5. The Labute approximate surface area is 271 Å². The summed E-state index contributed by atoms with van der Waals surface area (Å²) in [5.41, 5.74) is 0. The van der Waals surface area contributed by atoms with Crippen molar-refractivity contribution in [3.8, 4) is 0 Å². The number of carbonyl (C=O) groups excluding carboxylic acids is 2. The molecule has 256 valence electrons. The summed E-state index contributed by atoms with van der Waals surface area (Å²) in [7, 11) is 0. The van der Waals surface area contributed by atoms with E-state index < -0.39 is 5.97 Å². The van der Waals surface area contributed by atoms with Gasteiger partial charge >= 0.3 is 11.9 Å². The van der Waals surface area contributed by atoms with E-state index in [0.717, 1.165) is 77.0 Å². The maximum absolute atomic E-state index is 12.6. The third-order valence-corrected chi connectivity index (χ3v) is 8.13. The van der Waals surface area contributed by atoms with E-state index in [1.807, 2.05) is 0 Å². The number of carboxylic acid groups (broad SMARTS) is 1. The van der Waals surface area contributed by atoms with E-state index in [1.165, 1.54) is 83.5 Å². The molecule has 6 nitrogen and oxygen atoms in total. The molecule has 0 spiro atoms. The second kappa shape index (κ2) is 33.8. The van der Waals surface area contributed by atoms with Crippen molar-refractivity contribution in [1.29, 1.82) is 0 Å². The predicted octanol–water partition coefficient (Wildman–Crippen LogP) is 10.8. The van der Waals surface area contributed by atoms with Gasteiger partial charge in [0.15, 0.2) is 0 Å². The number of esters is 1. The van der Waals surface area contributed by atoms with Gasteiger partial charge in [-0.05, 0) is 70.6 Å². The first-order valence-corrected chi connectivity index (χ1v) is 18.5. The Kier molecular flexibility index (Phi) is 32.2. The van der Waals surface area contributed by atoms with Crippen LogP contribution >= 0.6 is 0 Å². The molecule has 6 heteroatoms. The highest BCUT2D eigenvalue weighted by atomic mass is 16.5. The summed E-state index contributed by atoms with van der Waals surface area (Å²) >= 11 is 0. The van der Waals surface area contributed by atoms with Crippen molar-refractivity contribution >= 4 is 17.8 Å². The topological polar surface area (TPSA) is 92.7 Å². The third-order valence-electron chi connectivity index (χ3n) is 8.13. The Bertz CT molecular complexity index is 733. The highest BCUT2D eigenvalue weighted by molar-refractivity contribution is 5.80. The van der Waals surface area contributed by atoms with Gasteiger partial charge in [-0.25, -0.2) is 0 Å². The van der Waals surface area contributed by atoms with Gasteiger partial charge in [0.2, 0.25) is 5.91 Å². The van der Waals surface area contributed by atoms with Gasteiger partial charge in [-0.2, -0.15) is 0 Å². The molecule has 0 aromatic carbocycles. The molecule has 0 aliphatic heterocycles. The number of allylic oxidation sites excluding steroid dienone is 4. The van der Waals surface area contributed by atoms with Crippen molar-refractivity contribution in [2.45, 2.75) is 193 Å². The second-order valence-corrected chi connectivity index (χ2v) is 12.5. The number of aliphatic carboxylic acids is 1. The van der Waals surface area contributed by atoms with E-state index in [2.05, 4.69) is 43.5 Å². The lowest BCUT2D eigenvalue weighted by Crippen LogP contribution is -2.28. The molecule has 0 aliphatic carbocycles. The first kappa shape index (κ1) is 41.9. The molecule has 0 saturated heterocycles. The Morgan fingerprint density at radius 2 is 1.05 bits per heavy atom. The molecule has 0 fully saturated rings. The molecule has 2 N–H and O–H groups in total. The average Bonchev–Trinajstić information content (AvgIpc) is 3.00. The zero-order valence-corrected chi connectivity index (χ0v) is 28.8. The van der Waals surface area contributed by atoms with Crippen molar-refractivity contribution in [3.63, 3.8) is 0 Å². The van der Waals surface area contributed by atoms with Gasteiger partial charge in [-0.3, -0.25) is 14.4 Å². The molecule has 1 unspecified atom stereocenters. The normalized spacial score (nSPS) is 12.2. The maximum atomic E-state index is 12.6. The van der Waals surface area contributed by atoms with Gasteiger partial charge in [0, 0.05) is 12.8 Å². The summed E-state index contributed by atoms with van der Waals surface area (Å²) in [6.45, 7) is 4.17. The van der Waals surface area contributed by atoms with Crippen LogP contribution in [-0.2, 0) is 19.1 Å². The zero-order chi connectivity index (χ0) is 32.4. The van der Waals surface area contributed by atoms with Gasteiger partial charge in [-0.1, -0.05) is 128 Å². The highest BCUT2D eigenvalue weighted by Crippen LogP contribution is 2.18. The lowest BCUT2D eigenvalue weighted by atomic mass is 10.0. The van der Waals surface area contributed by atoms with Gasteiger partial charge < -0.3 is 15.2 Å². The van der Waals surface area contributed by atoms with E-state index in [4.69, 9.17) is 9.84 Å². The minimum Gasteiger partial charge on any atom is -0.480 e. The van der Waals surface area contributed by atoms with E-state index in [0.29, 0.717) is 12.8 Å². The summed E-state index contributed by atoms with van der Waals surface area (Å²) < 4.78 is 5.95. The molecule has 44 heavy (non-hydrogen) atoms. The summed E-state index contributed by atoms with van der Waals surface area (Å²) in [6.07, 6.45) is 38.7. The monoisotopic (exact) mass is 620 g/mol. The van der Waals surface area contributed by atoms with Crippen LogP contribution in [0.5, 0.6) is 0 Å². The fourth-order valence-electron chi connectivity index (χ4n) is 5.37. The van der Waals surface area contributed by atoms with Crippen molar-refractivity contribution < 1.29 is 24.2 Å². The van der Waals surface area contributed by atoms with Crippen LogP contribution in [0.25, 0.3) is 0 Å². The molecular formula is C38H69NO5. The molecule has 0 rings (SSSR count). The molecule has 0 radical (unpaired) electrons. The number of unbranched alkanes of at least 4 members (excludes halogenated alkanes) is 18. The van der Waals surface area contributed by atoms with E-state index in [1.54, 1.807) is 0 Å². The van der Waals surface area contributed by atoms with Crippen LogP contribution in [0, 0.1) is 0 Å². The number of ether oxygens (including phenoxy) is 1. The number of amides is 1. The van der Waals surface area contributed by atoms with Crippen LogP contribution < -0.4 is 5.32 Å². The van der Waals surface area contributed by atoms with Crippen LogP contribution in [-0.4, -0.2) is 35.6 Å². The quantitative estimate of drug-likeness (QED) is 0.0433. The van der Waals surface area contributed by atoms with E-state index in [-0.39, 0.29) is 24.5 Å². The molecule has 0 bridgehead atoms. The fraction of sp³-hybridized carbons (Fsp3) is 0.816. The van der Waals surface area contributed by atoms with Crippen molar-refractivity contribution in [1.82, 2.24) is 5.32 Å². The SMILES string of the molecule is CCCCCC/C=C\C/C=C\CCCCCCCC(=O)OC(CCCCCCCC)CCCCCCCC(=O)NCC(=O)O. The lowest BCUT2D eigenvalue weighted by Gasteiger charge is -2.18. The fourth-order valence-corrected chi connectivity index (χ4v) is 5.37. The molecule has 0 aromatic heterocycles. The highest BCUT2D eigenvalue weighted by Gasteiger charge is 2.14. The largest absolute Gasteiger partial charge is 0.480 e. The summed E-state index contributed by atoms with van der Waals surface area (Å²) in [4.78, 5) is 34.7. The molecular weight excluding hydrogens is 550 g/mol. The van der Waals surface area contributed by atoms with Gasteiger partial charge in [0.1, 0.15) is 12.6 Å². The molecule has 0 heterocycles. The average molecular weight is 620 g/mol. The molecule has 0 saturated carbocycles. The predicted molar refractivity (Wildman–Crippen MR) is 185 cm³/mol. The number of nitrogens with one attached hydrogen (secondary N) is 1. The minimum atomic E-state index is -1.02. The van der Waals surface area contributed by atoms with E-state index >= 15 is 0 Å². The minimum absolute atomic E-state index is 0.0261. The van der Waals surface area contributed by atoms with E-state index in [9.17, 15) is 14.4 Å². The Morgan fingerprint density at radius 3 is 1.59 bits per heavy atom. The lowest BCUT2D eigenvalue weighted by molar-refractivity contribution is -0.150. The van der Waals surface area contributed by atoms with Gasteiger partial charge in [0.05, 0.1) is 0 Å². The number of carbonyl (C=O) groups is 3. The van der Waals surface area contributed by atoms with Crippen LogP contribution in [0.4, 0.5) is 0 Å². The van der Waals surface area contributed by atoms with Crippen molar-refractivity contribution in [2.75, 3.05) is 6.54 Å². The molecule has 1 atom stereocenters. The summed E-state index contributed by atoms with van der Waals surface area (Å²) in [6, 6.07) is 0. The third kappa shape index (κ3) is 32.8. The number of hydrogen-bond donors (Lipinski definition) is 2. The Balaban J connectivity index is 4.03. The van der Waals surface area contributed by atoms with Crippen molar-refractivity contribution in [2.24, 2.45) is 0 Å². The number of hydrogen-bond acceptors (Lipinski definition) is 4. The first-order valence-electron chi connectivity index (χ1n) is 18.5. The number of rotatable bonds is 33. The smallest absolute Gasteiger partial charge is 0.322 e. The second-order valence-electron chi connectivity index (χ2n) is 12.5. The zero-order valence-electron chi connectivity index (χ0n) is 28.8. The Hall–Kier alpha value is -2.11. The van der Waals surface area contributed by atoms with Crippen LogP contribution in [0.3, 0.4) is 0 Å². The number of carboxylic acids is 1. The van der Waals surface area contributed by atoms with Gasteiger partial charge in [0.25, 0.3) is 0 Å². The van der Waals surface area contributed by atoms with Crippen molar-refractivity contribution in [3.05, 3.63) is 24.3 Å². The van der Waals surface area contributed by atoms with Crippen LogP contribution in [0.1, 0.15) is 187 Å². The molecule has 0 aliphatic rings. The summed E-state index contributed by atoms with van der Waals surface area (Å²) in [5, 5.41) is 11.0. The molecule has 0 aromatic rings.